The van der Waals surface area contributed by atoms with Crippen LogP contribution in [0.1, 0.15) is 67.1 Å². The molecule has 1 amide bonds. The Morgan fingerprint density at radius 1 is 1.11 bits per heavy atom. The lowest BCUT2D eigenvalue weighted by molar-refractivity contribution is -0.137. The van der Waals surface area contributed by atoms with E-state index < -0.39 is 58.1 Å². The fraction of sp³-hybridized carbons (Fsp3) is 0.393. The van der Waals surface area contributed by atoms with Crippen LogP contribution in [0.2, 0.25) is 0 Å². The number of anilines is 1. The number of hydrogen-bond acceptors (Lipinski definition) is 5. The third-order valence-electron chi connectivity index (χ3n) is 6.69. The summed E-state index contributed by atoms with van der Waals surface area (Å²) < 4.78 is 59.7. The Labute approximate surface area is 216 Å². The van der Waals surface area contributed by atoms with Gasteiger partial charge in [-0.1, -0.05) is 20.8 Å². The minimum atomic E-state index is -4.72. The summed E-state index contributed by atoms with van der Waals surface area (Å²) in [5.74, 6) is 1.58. The van der Waals surface area contributed by atoms with E-state index in [4.69, 9.17) is 4.74 Å². The summed E-state index contributed by atoms with van der Waals surface area (Å²) >= 11 is 0. The van der Waals surface area contributed by atoms with E-state index in [-0.39, 0.29) is 30.7 Å². The minimum Gasteiger partial charge on any atom is -0.457 e. The molecule has 2 N–H and O–H groups in total. The fourth-order valence-electron chi connectivity index (χ4n) is 4.26. The number of aliphatic hydroxyl groups is 1. The van der Waals surface area contributed by atoms with Crippen LogP contribution in [-0.2, 0) is 32.5 Å². The van der Waals surface area contributed by atoms with Gasteiger partial charge in [-0.15, -0.1) is 0 Å². The number of nitrogens with one attached hydrogen (secondary N) is 1. The normalized spacial score (nSPS) is 17.4. The van der Waals surface area contributed by atoms with E-state index in [1.54, 1.807) is 20.8 Å². The third-order valence-corrected chi connectivity index (χ3v) is 6.69. The molecule has 2 aromatic carbocycles. The first-order chi connectivity index (χ1) is 17.5. The Morgan fingerprint density at radius 3 is 2.39 bits per heavy atom. The second kappa shape index (κ2) is 9.24. The summed E-state index contributed by atoms with van der Waals surface area (Å²) in [5.41, 5.74) is -5.07. The predicted octanol–water partition coefficient (Wildman–Crippen LogP) is 4.93. The van der Waals surface area contributed by atoms with E-state index >= 15 is 0 Å². The average Bonchev–Trinajstić information content (AvgIpc) is 3.50. The molecular formula is C28H25F4NO5. The van der Waals surface area contributed by atoms with E-state index in [9.17, 15) is 37.1 Å². The standard InChI is InChI=1S/C28H25F4NO5/c1-25(2,3)22(34)8-9-27(37,24(36)33-18-5-6-19-16(12-18)14-38-23(19)35)15-26(10-11-26)20-13-17(28(30,31)32)4-7-21(20)29/h4-7,12-13,37H,10-11,14-15H2,1-3H3,(H,33,36). The highest BCUT2D eigenvalue weighted by Crippen LogP contribution is 2.55. The number of ether oxygens (including phenoxy) is 1. The van der Waals surface area contributed by atoms with Crippen LogP contribution in [0.5, 0.6) is 0 Å². The van der Waals surface area contributed by atoms with Crippen molar-refractivity contribution in [3.63, 3.8) is 0 Å². The van der Waals surface area contributed by atoms with Gasteiger partial charge in [0, 0.05) is 28.5 Å². The average molecular weight is 532 g/mol. The first-order valence-corrected chi connectivity index (χ1v) is 11.8. The maximum atomic E-state index is 14.8. The van der Waals surface area contributed by atoms with Crippen LogP contribution in [0.25, 0.3) is 0 Å². The maximum absolute atomic E-state index is 14.8. The van der Waals surface area contributed by atoms with Crippen LogP contribution in [-0.4, -0.2) is 28.4 Å². The number of halogens is 4. The molecule has 1 atom stereocenters. The Balaban J connectivity index is 1.70. The smallest absolute Gasteiger partial charge is 0.416 e. The summed E-state index contributed by atoms with van der Waals surface area (Å²) in [6.45, 7) is 4.78. The molecular weight excluding hydrogens is 506 g/mol. The van der Waals surface area contributed by atoms with Gasteiger partial charge in [-0.2, -0.15) is 13.2 Å². The van der Waals surface area contributed by atoms with E-state index in [2.05, 4.69) is 17.2 Å². The number of benzene rings is 2. The molecule has 1 unspecified atom stereocenters. The lowest BCUT2D eigenvalue weighted by atomic mass is 9.81. The summed E-state index contributed by atoms with van der Waals surface area (Å²) in [7, 11) is 0. The topological polar surface area (TPSA) is 92.7 Å². The zero-order chi connectivity index (χ0) is 28.1. The van der Waals surface area contributed by atoms with Crippen LogP contribution >= 0.6 is 0 Å². The van der Waals surface area contributed by atoms with E-state index in [1.165, 1.54) is 18.2 Å². The van der Waals surface area contributed by atoms with E-state index in [0.29, 0.717) is 29.3 Å². The van der Waals surface area contributed by atoms with Crippen molar-refractivity contribution < 1.29 is 41.8 Å². The molecule has 1 heterocycles. The molecule has 0 radical (unpaired) electrons. The zero-order valence-corrected chi connectivity index (χ0v) is 20.9. The van der Waals surface area contributed by atoms with Gasteiger partial charge in [0.1, 0.15) is 12.4 Å². The van der Waals surface area contributed by atoms with Gasteiger partial charge in [-0.25, -0.2) is 9.18 Å². The van der Waals surface area contributed by atoms with Crippen molar-refractivity contribution in [2.45, 2.75) is 63.8 Å². The van der Waals surface area contributed by atoms with Crippen LogP contribution in [0.3, 0.4) is 0 Å². The quantitative estimate of drug-likeness (QED) is 0.247. The van der Waals surface area contributed by atoms with Gasteiger partial charge in [0.2, 0.25) is 11.4 Å². The van der Waals surface area contributed by atoms with Crippen LogP contribution in [0.4, 0.5) is 23.2 Å². The number of rotatable bonds is 5. The number of fused-ring (bicyclic) bond motifs is 1. The fourth-order valence-corrected chi connectivity index (χ4v) is 4.26. The molecule has 0 spiro atoms. The molecule has 200 valence electrons. The number of ketones is 1. The molecule has 1 saturated carbocycles. The summed E-state index contributed by atoms with van der Waals surface area (Å²) in [6.07, 6.45) is -4.85. The summed E-state index contributed by atoms with van der Waals surface area (Å²) in [4.78, 5) is 37.5. The van der Waals surface area contributed by atoms with E-state index in [0.717, 1.165) is 0 Å². The molecule has 6 nitrogen and oxygen atoms in total. The molecule has 4 rings (SSSR count). The molecule has 0 saturated heterocycles. The number of carbonyl (C=O) groups excluding carboxylic acids is 3. The van der Waals surface area contributed by atoms with Gasteiger partial charge < -0.3 is 15.2 Å². The Hall–Kier alpha value is -3.71. The largest absolute Gasteiger partial charge is 0.457 e. The molecule has 1 aliphatic heterocycles. The molecule has 1 fully saturated rings. The highest BCUT2D eigenvalue weighted by molar-refractivity contribution is 6.04. The number of amides is 1. The molecule has 0 bridgehead atoms. The Bertz CT molecular complexity index is 1390. The van der Waals surface area contributed by atoms with Crippen molar-refractivity contribution >= 4 is 23.3 Å². The summed E-state index contributed by atoms with van der Waals surface area (Å²) in [5, 5.41) is 14.0. The van der Waals surface area contributed by atoms with Gasteiger partial charge in [-0.3, -0.25) is 9.59 Å². The maximum Gasteiger partial charge on any atom is 0.416 e. The van der Waals surface area contributed by atoms with Gasteiger partial charge in [0.25, 0.3) is 5.91 Å². The predicted molar refractivity (Wildman–Crippen MR) is 128 cm³/mol. The van der Waals surface area contributed by atoms with Crippen LogP contribution in [0, 0.1) is 23.1 Å². The number of carbonyl (C=O) groups is 3. The van der Waals surface area contributed by atoms with Crippen LogP contribution in [0.15, 0.2) is 36.4 Å². The first-order valence-electron chi connectivity index (χ1n) is 11.8. The molecule has 2 aliphatic rings. The molecule has 2 aromatic rings. The lowest BCUT2D eigenvalue weighted by Crippen LogP contribution is -2.45. The summed E-state index contributed by atoms with van der Waals surface area (Å²) in [6, 6.07) is 6.35. The van der Waals surface area contributed by atoms with Gasteiger partial charge in [0.05, 0.1) is 11.1 Å². The van der Waals surface area contributed by atoms with Gasteiger partial charge >= 0.3 is 12.1 Å². The first kappa shape index (κ1) is 27.3. The van der Waals surface area contributed by atoms with Crippen molar-refractivity contribution in [2.75, 3.05) is 5.32 Å². The van der Waals surface area contributed by atoms with Gasteiger partial charge in [0.15, 0.2) is 0 Å². The highest BCUT2D eigenvalue weighted by Gasteiger charge is 2.54. The van der Waals surface area contributed by atoms with Crippen molar-refractivity contribution in [3.8, 4) is 11.8 Å². The van der Waals surface area contributed by atoms with E-state index in [1.807, 2.05) is 0 Å². The monoisotopic (exact) mass is 531 g/mol. The number of alkyl halides is 3. The molecule has 0 aromatic heterocycles. The molecule has 1 aliphatic carbocycles. The van der Waals surface area contributed by atoms with Crippen molar-refractivity contribution in [1.29, 1.82) is 0 Å². The number of hydrogen-bond donors (Lipinski definition) is 2. The molecule has 10 heteroatoms. The third kappa shape index (κ3) is 5.43. The number of cyclic esters (lactones) is 1. The van der Waals surface area contributed by atoms with Crippen LogP contribution < -0.4 is 5.32 Å². The zero-order valence-electron chi connectivity index (χ0n) is 20.9. The Morgan fingerprint density at radius 2 is 1.79 bits per heavy atom. The minimum absolute atomic E-state index is 0.0000308. The van der Waals surface area contributed by atoms with Gasteiger partial charge in [-0.05, 0) is 66.6 Å². The van der Waals surface area contributed by atoms with Crippen molar-refractivity contribution in [2.24, 2.45) is 5.41 Å². The SMILES string of the molecule is CC(C)(C)C(=O)C#CC(O)(CC1(c2cc(C(F)(F)F)ccc2F)CC1)C(=O)Nc1ccc2c(c1)COC2=O. The number of esters is 1. The second-order valence-electron chi connectivity index (χ2n) is 10.7. The van der Waals surface area contributed by atoms with Crippen molar-refractivity contribution in [3.05, 3.63) is 64.5 Å². The number of Topliss-reactive ketones (excluding diaryl/α,β-unsaturated/α-hetero) is 1. The second-order valence-corrected chi connectivity index (χ2v) is 10.7. The van der Waals surface area contributed by atoms with Crippen molar-refractivity contribution in [1.82, 2.24) is 0 Å². The molecule has 38 heavy (non-hydrogen) atoms. The lowest BCUT2D eigenvalue weighted by Gasteiger charge is -2.28. The highest BCUT2D eigenvalue weighted by atomic mass is 19.4. The Kier molecular flexibility index (Phi) is 6.65.